The van der Waals surface area contributed by atoms with E-state index in [0.29, 0.717) is 9.39 Å². The van der Waals surface area contributed by atoms with E-state index in [1.165, 1.54) is 78.1 Å². The summed E-state index contributed by atoms with van der Waals surface area (Å²) in [6.45, 7) is 0. The Morgan fingerprint density at radius 3 is 2.11 bits per heavy atom. The molecule has 11 nitrogen and oxygen atoms in total. The molecule has 0 bridgehead atoms. The van der Waals surface area contributed by atoms with Crippen molar-refractivity contribution < 1.29 is 36.8 Å². The number of fused-ring (bicyclic) bond motifs is 1. The monoisotopic (exact) mass is 636 g/mol. The summed E-state index contributed by atoms with van der Waals surface area (Å²) in [5.74, 6) is -1.70. The van der Waals surface area contributed by atoms with Gasteiger partial charge in [-0.25, -0.2) is 9.37 Å². The van der Waals surface area contributed by atoms with Crippen LogP contribution in [0.4, 0.5) is 28.9 Å². The van der Waals surface area contributed by atoms with Crippen LogP contribution in [0, 0.1) is 15.9 Å². The molecule has 226 valence electrons. The van der Waals surface area contributed by atoms with E-state index in [0.717, 1.165) is 6.07 Å². The Morgan fingerprint density at radius 1 is 0.889 bits per heavy atom. The lowest BCUT2D eigenvalue weighted by atomic mass is 10.2. The smallest absolute Gasteiger partial charge is 0.433 e. The summed E-state index contributed by atoms with van der Waals surface area (Å²) < 4.78 is 66.4. The van der Waals surface area contributed by atoms with Gasteiger partial charge in [-0.3, -0.25) is 14.9 Å². The highest BCUT2D eigenvalue weighted by Gasteiger charge is 2.36. The Morgan fingerprint density at radius 2 is 1.53 bits per heavy atom. The molecule has 3 aromatic carbocycles. The molecule has 3 aromatic heterocycles. The zero-order chi connectivity index (χ0) is 31.7. The summed E-state index contributed by atoms with van der Waals surface area (Å²) in [6.07, 6.45) is -4.79. The second-order valence-corrected chi connectivity index (χ2v) is 10.2. The first-order valence-corrected chi connectivity index (χ1v) is 13.6. The summed E-state index contributed by atoms with van der Waals surface area (Å²) in [5.41, 5.74) is -1.19. The van der Waals surface area contributed by atoms with Crippen LogP contribution >= 0.6 is 11.3 Å². The maximum atomic E-state index is 13.8. The lowest BCUT2D eigenvalue weighted by molar-refractivity contribution is -0.385. The van der Waals surface area contributed by atoms with E-state index < -0.39 is 40.1 Å². The van der Waals surface area contributed by atoms with Crippen molar-refractivity contribution in [2.24, 2.45) is 0 Å². The second kappa shape index (κ2) is 11.6. The van der Waals surface area contributed by atoms with Crippen molar-refractivity contribution in [2.45, 2.75) is 6.18 Å². The third kappa shape index (κ3) is 6.54. The molecule has 0 aliphatic heterocycles. The number of hydrogen-bond donors (Lipinski definition) is 1. The fourth-order valence-electron chi connectivity index (χ4n) is 4.07. The van der Waals surface area contributed by atoms with Gasteiger partial charge in [0.15, 0.2) is 5.69 Å². The molecule has 1 amide bonds. The number of alkyl halides is 3. The van der Waals surface area contributed by atoms with Crippen molar-refractivity contribution in [3.63, 3.8) is 0 Å². The number of aromatic nitrogens is 4. The number of nitro groups is 1. The molecule has 0 atom stereocenters. The minimum Gasteiger partial charge on any atom is -0.457 e. The first kappa shape index (κ1) is 29.2. The van der Waals surface area contributed by atoms with Gasteiger partial charge >= 0.3 is 6.18 Å². The lowest BCUT2D eigenvalue weighted by Gasteiger charge is -2.10. The van der Waals surface area contributed by atoms with Crippen molar-refractivity contribution in [3.8, 4) is 33.6 Å². The topological polar surface area (TPSA) is 134 Å². The number of non-ortho nitro benzene ring substituents is 1. The summed E-state index contributed by atoms with van der Waals surface area (Å²) in [4.78, 5) is 32.2. The fraction of sp³-hybridized carbons (Fsp3) is 0.0345. The zero-order valence-corrected chi connectivity index (χ0v) is 23.2. The SMILES string of the molecule is O=C(Nc1ccc(Oc2cc(Oc3ccc(F)cc3)cc([N+](=O)[O-])c2)cc1)c1nc2nc(-c3cccs3)cc(C(F)(F)F)n2n1. The highest BCUT2D eigenvalue weighted by Crippen LogP contribution is 2.35. The largest absolute Gasteiger partial charge is 0.457 e. The predicted octanol–water partition coefficient (Wildman–Crippen LogP) is 7.76. The van der Waals surface area contributed by atoms with Gasteiger partial charge in [-0.1, -0.05) is 6.07 Å². The van der Waals surface area contributed by atoms with Crippen LogP contribution in [0.2, 0.25) is 0 Å². The molecule has 0 fully saturated rings. The molecule has 0 unspecified atom stereocenters. The van der Waals surface area contributed by atoms with Gasteiger partial charge in [0.2, 0.25) is 5.82 Å². The average molecular weight is 637 g/mol. The van der Waals surface area contributed by atoms with E-state index >= 15 is 0 Å². The third-order valence-electron chi connectivity index (χ3n) is 6.05. The molecule has 0 aliphatic carbocycles. The maximum Gasteiger partial charge on any atom is 0.433 e. The van der Waals surface area contributed by atoms with Crippen LogP contribution in [-0.4, -0.2) is 30.4 Å². The van der Waals surface area contributed by atoms with Gasteiger partial charge in [0, 0.05) is 11.8 Å². The number of benzene rings is 3. The van der Waals surface area contributed by atoms with Crippen molar-refractivity contribution in [1.29, 1.82) is 0 Å². The number of nitrogens with one attached hydrogen (secondary N) is 1. The molecular weight excluding hydrogens is 620 g/mol. The fourth-order valence-corrected chi connectivity index (χ4v) is 4.75. The summed E-state index contributed by atoms with van der Waals surface area (Å²) >= 11 is 1.20. The van der Waals surface area contributed by atoms with Gasteiger partial charge in [-0.2, -0.15) is 22.7 Å². The molecular formula is C29H16F4N6O5S. The van der Waals surface area contributed by atoms with Gasteiger partial charge in [-0.05, 0) is 66.0 Å². The minimum absolute atomic E-state index is 0.0395. The summed E-state index contributed by atoms with van der Waals surface area (Å²) in [7, 11) is 0. The van der Waals surface area contributed by atoms with Gasteiger partial charge in [-0.15, -0.1) is 16.4 Å². The number of nitro benzene ring substituents is 1. The lowest BCUT2D eigenvalue weighted by Crippen LogP contribution is -2.16. The Kier molecular flexibility index (Phi) is 7.55. The number of carbonyl (C=O) groups is 1. The molecule has 0 aliphatic rings. The number of amides is 1. The van der Waals surface area contributed by atoms with E-state index in [-0.39, 0.29) is 40.1 Å². The minimum atomic E-state index is -4.79. The molecule has 0 saturated heterocycles. The van der Waals surface area contributed by atoms with Gasteiger partial charge in [0.1, 0.15) is 28.8 Å². The van der Waals surface area contributed by atoms with Crippen molar-refractivity contribution in [1.82, 2.24) is 19.6 Å². The number of rotatable bonds is 8. The molecule has 0 saturated carbocycles. The van der Waals surface area contributed by atoms with Crippen LogP contribution in [0.5, 0.6) is 23.0 Å². The highest BCUT2D eigenvalue weighted by molar-refractivity contribution is 7.13. The summed E-state index contributed by atoms with van der Waals surface area (Å²) in [5, 5.41) is 19.4. The number of nitrogens with zero attached hydrogens (tertiary/aromatic N) is 5. The third-order valence-corrected chi connectivity index (χ3v) is 6.94. The van der Waals surface area contributed by atoms with Crippen LogP contribution in [0.3, 0.4) is 0 Å². The van der Waals surface area contributed by atoms with E-state index in [2.05, 4.69) is 20.4 Å². The molecule has 6 aromatic rings. The standard InChI is InChI=1S/C29H16F4N6O5S/c30-16-3-7-19(8-4-16)43-21-12-18(39(41)42)13-22(14-21)44-20-9-5-17(6-10-20)34-27(40)26-36-28-35-23(24-2-1-11-45-24)15-25(29(31,32)33)38(28)37-26/h1-15H,(H,34,40). The van der Waals surface area contributed by atoms with Crippen LogP contribution in [0.1, 0.15) is 16.3 Å². The Bertz CT molecular complexity index is 2030. The maximum absolute atomic E-state index is 13.8. The Hall–Kier alpha value is -5.90. The number of halogens is 4. The Balaban J connectivity index is 1.19. The number of hydrogen-bond acceptors (Lipinski definition) is 9. The Labute approximate surface area is 253 Å². The van der Waals surface area contributed by atoms with Crippen LogP contribution < -0.4 is 14.8 Å². The number of anilines is 1. The molecule has 6 rings (SSSR count). The van der Waals surface area contributed by atoms with Crippen molar-refractivity contribution in [2.75, 3.05) is 5.32 Å². The molecule has 1 N–H and O–H groups in total. The zero-order valence-electron chi connectivity index (χ0n) is 22.4. The van der Waals surface area contributed by atoms with Crippen LogP contribution in [-0.2, 0) is 6.18 Å². The average Bonchev–Trinajstić information content (AvgIpc) is 3.69. The van der Waals surface area contributed by atoms with Gasteiger partial charge in [0.05, 0.1) is 27.6 Å². The second-order valence-electron chi connectivity index (χ2n) is 9.21. The van der Waals surface area contributed by atoms with Gasteiger partial charge < -0.3 is 14.8 Å². The first-order valence-electron chi connectivity index (χ1n) is 12.7. The van der Waals surface area contributed by atoms with E-state index in [9.17, 15) is 32.5 Å². The van der Waals surface area contributed by atoms with E-state index in [1.54, 1.807) is 17.5 Å². The van der Waals surface area contributed by atoms with Crippen LogP contribution in [0.15, 0.2) is 90.3 Å². The molecule has 0 spiro atoms. The molecule has 3 heterocycles. The normalized spacial score (nSPS) is 11.4. The first-order chi connectivity index (χ1) is 21.5. The van der Waals surface area contributed by atoms with E-state index in [4.69, 9.17) is 9.47 Å². The van der Waals surface area contributed by atoms with Crippen molar-refractivity contribution in [3.05, 3.63) is 118 Å². The summed E-state index contributed by atoms with van der Waals surface area (Å²) in [6, 6.07) is 18.7. The van der Waals surface area contributed by atoms with Crippen molar-refractivity contribution >= 4 is 34.4 Å². The molecule has 16 heteroatoms. The number of ether oxygens (including phenoxy) is 2. The quantitative estimate of drug-likeness (QED) is 0.102. The highest BCUT2D eigenvalue weighted by atomic mass is 32.1. The predicted molar refractivity (Wildman–Crippen MR) is 153 cm³/mol. The van der Waals surface area contributed by atoms with Crippen LogP contribution in [0.25, 0.3) is 16.3 Å². The van der Waals surface area contributed by atoms with Gasteiger partial charge in [0.25, 0.3) is 17.4 Å². The molecule has 0 radical (unpaired) electrons. The molecule has 45 heavy (non-hydrogen) atoms. The number of thiophene rings is 1. The van der Waals surface area contributed by atoms with E-state index in [1.807, 2.05) is 0 Å². The number of carbonyl (C=O) groups excluding carboxylic acids is 1.